The van der Waals surface area contributed by atoms with Gasteiger partial charge < -0.3 is 39.5 Å². The van der Waals surface area contributed by atoms with Crippen molar-refractivity contribution in [2.24, 2.45) is 0 Å². The van der Waals surface area contributed by atoms with Crippen molar-refractivity contribution in [1.29, 1.82) is 0 Å². The number of nitrogens with zero attached hydrogens (tertiary/aromatic N) is 4. The van der Waals surface area contributed by atoms with Crippen molar-refractivity contribution < 1.29 is 43.3 Å². The summed E-state index contributed by atoms with van der Waals surface area (Å²) in [5.41, 5.74) is 2.56. The number of aromatic nitrogens is 4. The van der Waals surface area contributed by atoms with Crippen LogP contribution in [0.4, 0.5) is 11.5 Å². The van der Waals surface area contributed by atoms with E-state index in [-0.39, 0.29) is 10.9 Å². The number of imidazole rings is 1. The molecule has 1 saturated carbocycles. The van der Waals surface area contributed by atoms with Crippen molar-refractivity contribution in [2.75, 3.05) is 17.8 Å². The van der Waals surface area contributed by atoms with Crippen molar-refractivity contribution in [2.45, 2.75) is 62.6 Å². The van der Waals surface area contributed by atoms with Gasteiger partial charge in [-0.1, -0.05) is 31.4 Å². The minimum atomic E-state index is -4.84. The zero-order valence-corrected chi connectivity index (χ0v) is 23.7. The quantitative estimate of drug-likeness (QED) is 0.151. The van der Waals surface area contributed by atoms with E-state index in [2.05, 4.69) is 32.4 Å². The van der Waals surface area contributed by atoms with Crippen LogP contribution in [0.1, 0.15) is 49.8 Å². The molecule has 218 valence electrons. The van der Waals surface area contributed by atoms with Crippen LogP contribution in [-0.4, -0.2) is 75.2 Å². The predicted octanol–water partition coefficient (Wildman–Crippen LogP) is 3.23. The van der Waals surface area contributed by atoms with E-state index >= 15 is 0 Å². The summed E-state index contributed by atoms with van der Waals surface area (Å²) in [5, 5.41) is 24.2. The fourth-order valence-corrected chi connectivity index (χ4v) is 7.87. The highest BCUT2D eigenvalue weighted by Crippen LogP contribution is 2.55. The number of halogens is 1. The third-order valence-corrected chi connectivity index (χ3v) is 10.7. The Morgan fingerprint density at radius 2 is 1.75 bits per heavy atom. The van der Waals surface area contributed by atoms with Gasteiger partial charge in [0.05, 0.1) is 12.9 Å². The molecular weight excluding hydrogens is 588 g/mol. The van der Waals surface area contributed by atoms with E-state index in [1.165, 1.54) is 48.6 Å². The second-order valence-electron chi connectivity index (χ2n) is 10.0. The molecule has 2 aliphatic rings. The number of hydrogen-bond acceptors (Lipinski definition) is 10. The summed E-state index contributed by atoms with van der Waals surface area (Å²) in [6.07, 6.45) is 1.86. The van der Waals surface area contributed by atoms with Crippen molar-refractivity contribution in [1.82, 2.24) is 19.5 Å². The molecule has 14 nitrogen and oxygen atoms in total. The molecule has 0 amide bonds. The minimum Gasteiger partial charge on any atom is -0.387 e. The number of anilines is 2. The highest BCUT2D eigenvalue weighted by atomic mass is 35.5. The van der Waals surface area contributed by atoms with E-state index in [1.54, 1.807) is 0 Å². The first-order valence-electron chi connectivity index (χ1n) is 12.7. The molecule has 5 rings (SSSR count). The average molecular weight is 618 g/mol. The van der Waals surface area contributed by atoms with Crippen LogP contribution in [0.5, 0.6) is 0 Å². The summed E-state index contributed by atoms with van der Waals surface area (Å²) < 4.78 is 34.8. The van der Waals surface area contributed by atoms with Gasteiger partial charge in [0.1, 0.15) is 18.3 Å². The molecule has 1 aromatic carbocycles. The molecule has 3 heterocycles. The lowest BCUT2D eigenvalue weighted by molar-refractivity contribution is -0.0483. The van der Waals surface area contributed by atoms with Gasteiger partial charge in [-0.2, -0.15) is 9.97 Å². The number of aliphatic hydroxyl groups excluding tert-OH is 2. The number of hydrogen-bond donors (Lipinski definition) is 6. The van der Waals surface area contributed by atoms with E-state index in [0.29, 0.717) is 17.3 Å². The maximum atomic E-state index is 12.0. The van der Waals surface area contributed by atoms with Gasteiger partial charge in [0, 0.05) is 5.69 Å². The topological polar surface area (TPSA) is 209 Å². The van der Waals surface area contributed by atoms with Crippen LogP contribution < -0.4 is 5.32 Å². The van der Waals surface area contributed by atoms with Crippen LogP contribution in [0.25, 0.3) is 11.2 Å². The van der Waals surface area contributed by atoms with Crippen molar-refractivity contribution in [3.63, 3.8) is 0 Å². The molecule has 1 saturated heterocycles. The summed E-state index contributed by atoms with van der Waals surface area (Å²) >= 11 is 6.20. The molecular formula is C23H30ClN5O9P2. The number of nitrogens with one attached hydrogen (secondary N) is 1. The molecule has 0 radical (unpaired) electrons. The van der Waals surface area contributed by atoms with Gasteiger partial charge in [0.25, 0.3) is 0 Å². The van der Waals surface area contributed by atoms with Crippen molar-refractivity contribution >= 4 is 49.5 Å². The number of ether oxygens (including phenoxy) is 1. The zero-order valence-electron chi connectivity index (χ0n) is 21.2. The van der Waals surface area contributed by atoms with Crippen LogP contribution in [0.3, 0.4) is 0 Å². The molecule has 3 aromatic rings. The third kappa shape index (κ3) is 6.74. The van der Waals surface area contributed by atoms with Gasteiger partial charge in [-0.05, 0) is 48.1 Å². The summed E-state index contributed by atoms with van der Waals surface area (Å²) in [5.74, 6) is -0.516. The summed E-state index contributed by atoms with van der Waals surface area (Å²) in [6, 6.07) is 8.10. The molecule has 6 N–H and O–H groups in total. The Kier molecular flexibility index (Phi) is 8.66. The fourth-order valence-electron chi connectivity index (χ4n) is 5.13. The number of fused-ring (bicyclic) bond motifs is 1. The second kappa shape index (κ2) is 11.7. The first-order valence-corrected chi connectivity index (χ1v) is 16.6. The van der Waals surface area contributed by atoms with Gasteiger partial charge in [-0.15, -0.1) is 0 Å². The molecule has 40 heavy (non-hydrogen) atoms. The normalized spacial score (nSPS) is 25.8. The molecule has 0 bridgehead atoms. The van der Waals surface area contributed by atoms with E-state index in [0.717, 1.165) is 5.69 Å². The number of rotatable bonds is 9. The van der Waals surface area contributed by atoms with Crippen LogP contribution in [0.2, 0.25) is 5.28 Å². The molecule has 2 aromatic heterocycles. The molecule has 1 unspecified atom stereocenters. The van der Waals surface area contributed by atoms with Crippen molar-refractivity contribution in [3.05, 3.63) is 41.4 Å². The molecule has 2 fully saturated rings. The largest absolute Gasteiger partial charge is 0.387 e. The van der Waals surface area contributed by atoms with Gasteiger partial charge in [0.15, 0.2) is 29.1 Å². The Bertz CT molecular complexity index is 1450. The van der Waals surface area contributed by atoms with Gasteiger partial charge in [0.2, 0.25) is 5.28 Å². The van der Waals surface area contributed by atoms with E-state index < -0.39 is 52.2 Å². The van der Waals surface area contributed by atoms with E-state index in [9.17, 15) is 24.2 Å². The molecule has 17 heteroatoms. The van der Waals surface area contributed by atoms with Gasteiger partial charge in [-0.25, -0.2) is 4.98 Å². The average Bonchev–Trinajstić information content (AvgIpc) is 3.43. The lowest BCUT2D eigenvalue weighted by atomic mass is 9.84. The first kappa shape index (κ1) is 29.5. The van der Waals surface area contributed by atoms with Crippen molar-refractivity contribution in [3.8, 4) is 0 Å². The maximum absolute atomic E-state index is 12.0. The highest BCUT2D eigenvalue weighted by molar-refractivity contribution is 7.70. The molecule has 1 aliphatic heterocycles. The third-order valence-electron chi connectivity index (χ3n) is 7.06. The SMILES string of the molecule is O=P(O)(O)CP(=O)(O)OC[C@H]1O[C@@H](n2cnc3c(Nc4ccc(C5CCCCC5)cc4)nc(Cl)nc32)[C@@H](O)[C@H]1O. The van der Waals surface area contributed by atoms with Crippen LogP contribution in [-0.2, 0) is 18.4 Å². The molecule has 1 aliphatic carbocycles. The van der Waals surface area contributed by atoms with E-state index in [1.807, 2.05) is 12.1 Å². The van der Waals surface area contributed by atoms with Crippen LogP contribution >= 0.6 is 26.8 Å². The second-order valence-corrected chi connectivity index (χ2v) is 14.4. The Hall–Kier alpha value is -1.96. The summed E-state index contributed by atoms with van der Waals surface area (Å²) in [4.78, 5) is 40.4. The predicted molar refractivity (Wildman–Crippen MR) is 144 cm³/mol. The number of aliphatic hydroxyl groups is 2. The van der Waals surface area contributed by atoms with Crippen LogP contribution in [0.15, 0.2) is 30.6 Å². The van der Waals surface area contributed by atoms with E-state index in [4.69, 9.17) is 30.6 Å². The number of benzene rings is 1. The Labute approximate surface area is 234 Å². The van der Waals surface area contributed by atoms with Gasteiger partial charge in [-0.3, -0.25) is 13.7 Å². The first-order chi connectivity index (χ1) is 18.9. The zero-order chi connectivity index (χ0) is 28.7. The fraction of sp³-hybridized carbons (Fsp3) is 0.522. The monoisotopic (exact) mass is 617 g/mol. The minimum absolute atomic E-state index is 0.109. The Morgan fingerprint density at radius 1 is 1.05 bits per heavy atom. The Morgan fingerprint density at radius 3 is 2.42 bits per heavy atom. The molecule has 5 atom stereocenters. The van der Waals surface area contributed by atoms with Crippen LogP contribution in [0, 0.1) is 0 Å². The Balaban J connectivity index is 1.33. The van der Waals surface area contributed by atoms with Gasteiger partial charge >= 0.3 is 15.2 Å². The maximum Gasteiger partial charge on any atom is 0.340 e. The highest BCUT2D eigenvalue weighted by Gasteiger charge is 2.45. The standard InChI is InChI=1S/C23H30ClN5O9P2/c24-23-27-20(26-15-8-6-14(7-9-15)13-4-2-1-3-5-13)17-21(28-23)29(11-25-17)22-19(31)18(30)16(38-22)10-37-40(35,36)12-39(32,33)34/h6-9,11,13,16,18-19,22,30-31H,1-5,10,12H2,(H,35,36)(H,26,27,28)(H2,32,33,34)/t16-,18+,19+,22-/m1/s1. The lowest BCUT2D eigenvalue weighted by Crippen LogP contribution is -2.33. The summed E-state index contributed by atoms with van der Waals surface area (Å²) in [6.45, 7) is -0.714. The smallest absolute Gasteiger partial charge is 0.340 e. The lowest BCUT2D eigenvalue weighted by Gasteiger charge is -2.22. The molecule has 0 spiro atoms. The summed E-state index contributed by atoms with van der Waals surface area (Å²) in [7, 11) is -9.53.